The number of primary sulfonamides is 1. The Morgan fingerprint density at radius 1 is 1.47 bits per heavy atom. The lowest BCUT2D eigenvalue weighted by Gasteiger charge is -2.10. The third-order valence-corrected chi connectivity index (χ3v) is 3.91. The van der Waals surface area contributed by atoms with Crippen LogP contribution in [0, 0.1) is 5.92 Å². The molecule has 0 bridgehead atoms. The second-order valence-corrected chi connectivity index (χ2v) is 6.07. The summed E-state index contributed by atoms with van der Waals surface area (Å²) >= 11 is 0. The van der Waals surface area contributed by atoms with Crippen molar-refractivity contribution in [2.45, 2.75) is 11.3 Å². The molecule has 1 heterocycles. The summed E-state index contributed by atoms with van der Waals surface area (Å²) in [7, 11) is -3.79. The fraction of sp³-hybridized carbons (Fsp3) is 0.417. The van der Waals surface area contributed by atoms with Crippen LogP contribution in [0.1, 0.15) is 16.8 Å². The molecule has 1 aliphatic rings. The Morgan fingerprint density at radius 2 is 2.26 bits per heavy atom. The summed E-state index contributed by atoms with van der Waals surface area (Å²) in [6.07, 6.45) is 0.928. The van der Waals surface area contributed by atoms with Gasteiger partial charge in [0, 0.05) is 24.6 Å². The zero-order chi connectivity index (χ0) is 13.9. The summed E-state index contributed by atoms with van der Waals surface area (Å²) in [5.41, 5.74) is 0.283. The standard InChI is InChI=1S/C12H16N2O4S/c13-19(16,17)11-3-1-2-10(6-11)12(15)14-7-9-4-5-18-8-9/h1-3,6,9H,4-5,7-8H2,(H,14,15)(H2,13,16,17). The van der Waals surface area contributed by atoms with Gasteiger partial charge in [0.25, 0.3) is 5.91 Å². The normalized spacial score (nSPS) is 19.3. The molecule has 1 aliphatic heterocycles. The summed E-state index contributed by atoms with van der Waals surface area (Å²) < 4.78 is 27.6. The molecule has 0 spiro atoms. The first-order valence-corrected chi connectivity index (χ1v) is 7.50. The Labute approximate surface area is 112 Å². The number of hydrogen-bond acceptors (Lipinski definition) is 4. The molecular formula is C12H16N2O4S. The first-order chi connectivity index (χ1) is 8.97. The number of carbonyl (C=O) groups is 1. The number of nitrogens with one attached hydrogen (secondary N) is 1. The van der Waals surface area contributed by atoms with E-state index in [1.165, 1.54) is 18.2 Å². The zero-order valence-corrected chi connectivity index (χ0v) is 11.2. The van der Waals surface area contributed by atoms with Crippen molar-refractivity contribution >= 4 is 15.9 Å². The van der Waals surface area contributed by atoms with Gasteiger partial charge in [-0.25, -0.2) is 13.6 Å². The Morgan fingerprint density at radius 3 is 2.89 bits per heavy atom. The monoisotopic (exact) mass is 284 g/mol. The van der Waals surface area contributed by atoms with Crippen molar-refractivity contribution in [3.63, 3.8) is 0 Å². The molecule has 1 fully saturated rings. The summed E-state index contributed by atoms with van der Waals surface area (Å²) in [5, 5.41) is 7.79. The highest BCUT2D eigenvalue weighted by atomic mass is 32.2. The molecular weight excluding hydrogens is 268 g/mol. The number of nitrogens with two attached hydrogens (primary N) is 1. The molecule has 1 saturated heterocycles. The van der Waals surface area contributed by atoms with Crippen molar-refractivity contribution in [1.29, 1.82) is 0 Å². The Kier molecular flexibility index (Phi) is 4.18. The van der Waals surface area contributed by atoms with Crippen molar-refractivity contribution < 1.29 is 17.9 Å². The molecule has 0 aromatic heterocycles. The van der Waals surface area contributed by atoms with E-state index in [1.807, 2.05) is 0 Å². The number of rotatable bonds is 4. The van der Waals surface area contributed by atoms with E-state index in [2.05, 4.69) is 5.32 Å². The topological polar surface area (TPSA) is 98.5 Å². The van der Waals surface area contributed by atoms with E-state index in [0.29, 0.717) is 19.1 Å². The van der Waals surface area contributed by atoms with E-state index < -0.39 is 10.0 Å². The van der Waals surface area contributed by atoms with Gasteiger partial charge in [0.05, 0.1) is 11.5 Å². The minimum Gasteiger partial charge on any atom is -0.381 e. The van der Waals surface area contributed by atoms with Crippen LogP contribution in [0.25, 0.3) is 0 Å². The van der Waals surface area contributed by atoms with Crippen molar-refractivity contribution in [2.75, 3.05) is 19.8 Å². The van der Waals surface area contributed by atoms with Crippen LogP contribution < -0.4 is 10.5 Å². The second-order valence-electron chi connectivity index (χ2n) is 4.51. The van der Waals surface area contributed by atoms with Crippen LogP contribution in [0.3, 0.4) is 0 Å². The van der Waals surface area contributed by atoms with Crippen molar-refractivity contribution in [3.05, 3.63) is 29.8 Å². The van der Waals surface area contributed by atoms with Crippen LogP contribution in [0.2, 0.25) is 0 Å². The average molecular weight is 284 g/mol. The van der Waals surface area contributed by atoms with Gasteiger partial charge < -0.3 is 10.1 Å². The predicted molar refractivity (Wildman–Crippen MR) is 69.1 cm³/mol. The molecule has 3 N–H and O–H groups in total. The second kappa shape index (κ2) is 5.68. The molecule has 1 unspecified atom stereocenters. The smallest absolute Gasteiger partial charge is 0.251 e. The van der Waals surface area contributed by atoms with E-state index in [1.54, 1.807) is 6.07 Å². The van der Waals surface area contributed by atoms with Gasteiger partial charge in [-0.1, -0.05) is 6.07 Å². The minimum atomic E-state index is -3.79. The molecule has 2 rings (SSSR count). The van der Waals surface area contributed by atoms with Gasteiger partial charge in [-0.2, -0.15) is 0 Å². The lowest BCUT2D eigenvalue weighted by Crippen LogP contribution is -2.29. The molecule has 0 saturated carbocycles. The summed E-state index contributed by atoms with van der Waals surface area (Å²) in [6.45, 7) is 1.90. The Balaban J connectivity index is 2.02. The number of hydrogen-bond donors (Lipinski definition) is 2. The highest BCUT2D eigenvalue weighted by Gasteiger charge is 2.17. The highest BCUT2D eigenvalue weighted by Crippen LogP contribution is 2.12. The maximum Gasteiger partial charge on any atom is 0.251 e. The van der Waals surface area contributed by atoms with Gasteiger partial charge in [0.2, 0.25) is 10.0 Å². The average Bonchev–Trinajstić information content (AvgIpc) is 2.88. The molecule has 19 heavy (non-hydrogen) atoms. The maximum absolute atomic E-state index is 11.9. The SMILES string of the molecule is NS(=O)(=O)c1cccc(C(=O)NCC2CCOC2)c1. The minimum absolute atomic E-state index is 0.0654. The van der Waals surface area contributed by atoms with E-state index in [0.717, 1.165) is 13.0 Å². The lowest BCUT2D eigenvalue weighted by molar-refractivity contribution is 0.0945. The number of ether oxygens (including phenoxy) is 1. The molecule has 1 aromatic carbocycles. The molecule has 1 amide bonds. The van der Waals surface area contributed by atoms with E-state index in [9.17, 15) is 13.2 Å². The van der Waals surface area contributed by atoms with E-state index in [4.69, 9.17) is 9.88 Å². The van der Waals surface area contributed by atoms with Gasteiger partial charge in [0.15, 0.2) is 0 Å². The van der Waals surface area contributed by atoms with Crippen LogP contribution in [-0.2, 0) is 14.8 Å². The number of amides is 1. The van der Waals surface area contributed by atoms with E-state index in [-0.39, 0.29) is 16.4 Å². The van der Waals surface area contributed by atoms with Gasteiger partial charge >= 0.3 is 0 Å². The molecule has 104 valence electrons. The number of carbonyl (C=O) groups excluding carboxylic acids is 1. The van der Waals surface area contributed by atoms with Crippen molar-refractivity contribution in [3.8, 4) is 0 Å². The molecule has 0 radical (unpaired) electrons. The molecule has 1 aromatic rings. The predicted octanol–water partition coefficient (Wildman–Crippen LogP) is 0.100. The number of sulfonamides is 1. The summed E-state index contributed by atoms with van der Waals surface area (Å²) in [6, 6.07) is 5.68. The third kappa shape index (κ3) is 3.76. The first-order valence-electron chi connectivity index (χ1n) is 5.95. The summed E-state index contributed by atoms with van der Waals surface area (Å²) in [5.74, 6) is 0.0165. The van der Waals surface area contributed by atoms with Gasteiger partial charge in [-0.15, -0.1) is 0 Å². The van der Waals surface area contributed by atoms with Crippen LogP contribution >= 0.6 is 0 Å². The van der Waals surface area contributed by atoms with Crippen molar-refractivity contribution in [1.82, 2.24) is 5.32 Å². The van der Waals surface area contributed by atoms with Crippen LogP contribution in [-0.4, -0.2) is 34.1 Å². The maximum atomic E-state index is 11.9. The molecule has 6 nitrogen and oxygen atoms in total. The Bertz CT molecular complexity index is 565. The molecule has 7 heteroatoms. The third-order valence-electron chi connectivity index (χ3n) is 3.00. The number of benzene rings is 1. The van der Waals surface area contributed by atoms with Gasteiger partial charge in [0.1, 0.15) is 0 Å². The van der Waals surface area contributed by atoms with Crippen LogP contribution in [0.4, 0.5) is 0 Å². The summed E-state index contributed by atoms with van der Waals surface area (Å²) in [4.78, 5) is 11.8. The fourth-order valence-electron chi connectivity index (χ4n) is 1.90. The van der Waals surface area contributed by atoms with Gasteiger partial charge in [-0.3, -0.25) is 4.79 Å². The zero-order valence-electron chi connectivity index (χ0n) is 10.3. The quantitative estimate of drug-likeness (QED) is 0.819. The largest absolute Gasteiger partial charge is 0.381 e. The highest BCUT2D eigenvalue weighted by molar-refractivity contribution is 7.89. The Hall–Kier alpha value is -1.44. The lowest BCUT2D eigenvalue weighted by atomic mass is 10.1. The molecule has 1 atom stereocenters. The van der Waals surface area contributed by atoms with Crippen LogP contribution in [0.5, 0.6) is 0 Å². The van der Waals surface area contributed by atoms with Crippen molar-refractivity contribution in [2.24, 2.45) is 11.1 Å². The van der Waals surface area contributed by atoms with Gasteiger partial charge in [-0.05, 0) is 24.6 Å². The first kappa shape index (κ1) is 14.0. The van der Waals surface area contributed by atoms with Crippen LogP contribution in [0.15, 0.2) is 29.2 Å². The fourth-order valence-corrected chi connectivity index (χ4v) is 2.46. The molecule has 0 aliphatic carbocycles. The van der Waals surface area contributed by atoms with E-state index >= 15 is 0 Å².